The van der Waals surface area contributed by atoms with E-state index in [0.29, 0.717) is 12.5 Å². The van der Waals surface area contributed by atoms with Crippen LogP contribution in [0.1, 0.15) is 39.2 Å². The van der Waals surface area contributed by atoms with Crippen molar-refractivity contribution < 1.29 is 9.59 Å². The summed E-state index contributed by atoms with van der Waals surface area (Å²) in [5.41, 5.74) is 2.90. The van der Waals surface area contributed by atoms with Gasteiger partial charge in [-0.15, -0.1) is 0 Å². The Balaban J connectivity index is 2.22. The van der Waals surface area contributed by atoms with Gasteiger partial charge in [0.25, 0.3) is 0 Å². The van der Waals surface area contributed by atoms with E-state index in [1.54, 1.807) is 6.92 Å². The van der Waals surface area contributed by atoms with Gasteiger partial charge in [0.2, 0.25) is 11.8 Å². The van der Waals surface area contributed by atoms with Crippen molar-refractivity contribution in [1.29, 1.82) is 0 Å². The van der Waals surface area contributed by atoms with E-state index in [9.17, 15) is 9.59 Å². The highest BCUT2D eigenvalue weighted by molar-refractivity contribution is 5.92. The molecule has 5 nitrogen and oxygen atoms in total. The molecule has 5 heteroatoms. The van der Waals surface area contributed by atoms with Crippen molar-refractivity contribution in [2.75, 3.05) is 30.9 Å². The summed E-state index contributed by atoms with van der Waals surface area (Å²) >= 11 is 0. The molecular weight excluding hydrogens is 302 g/mol. The van der Waals surface area contributed by atoms with Crippen LogP contribution in [-0.4, -0.2) is 37.4 Å². The maximum atomic E-state index is 12.0. The Morgan fingerprint density at radius 3 is 2.42 bits per heavy atom. The van der Waals surface area contributed by atoms with Crippen molar-refractivity contribution in [3.05, 3.63) is 23.8 Å². The highest BCUT2D eigenvalue weighted by atomic mass is 16.2. The van der Waals surface area contributed by atoms with Gasteiger partial charge in [-0.3, -0.25) is 9.59 Å². The van der Waals surface area contributed by atoms with Gasteiger partial charge < -0.3 is 15.1 Å². The maximum absolute atomic E-state index is 12.0. The predicted octanol–water partition coefficient (Wildman–Crippen LogP) is 3.11. The molecule has 1 fully saturated rings. The Kier molecular flexibility index (Phi) is 5.86. The molecule has 1 saturated carbocycles. The summed E-state index contributed by atoms with van der Waals surface area (Å²) in [5, 5.41) is 2.94. The van der Waals surface area contributed by atoms with Crippen LogP contribution < -0.4 is 10.2 Å². The number of carbonyl (C=O) groups is 2. The van der Waals surface area contributed by atoms with Gasteiger partial charge in [0.1, 0.15) is 0 Å². The minimum absolute atomic E-state index is 0.0000393. The highest BCUT2D eigenvalue weighted by Crippen LogP contribution is 2.31. The first-order chi connectivity index (χ1) is 11.3. The Labute approximate surface area is 145 Å². The number of hydrogen-bond acceptors (Lipinski definition) is 3. The van der Waals surface area contributed by atoms with Gasteiger partial charge in [-0.2, -0.15) is 0 Å². The van der Waals surface area contributed by atoms with Gasteiger partial charge in [-0.25, -0.2) is 0 Å². The summed E-state index contributed by atoms with van der Waals surface area (Å²) < 4.78 is 0. The van der Waals surface area contributed by atoms with Crippen LogP contribution in [-0.2, 0) is 16.1 Å². The summed E-state index contributed by atoms with van der Waals surface area (Å²) in [6, 6.07) is 5.90. The Bertz CT molecular complexity index is 607. The lowest BCUT2D eigenvalue weighted by Gasteiger charge is -2.25. The van der Waals surface area contributed by atoms with E-state index < -0.39 is 0 Å². The average Bonchev–Trinajstić information content (AvgIpc) is 3.30. The van der Waals surface area contributed by atoms with E-state index in [4.69, 9.17) is 0 Å². The minimum atomic E-state index is -0.0643. The molecule has 0 saturated heterocycles. The third-order valence-corrected chi connectivity index (χ3v) is 4.34. The zero-order chi connectivity index (χ0) is 17.9. The van der Waals surface area contributed by atoms with Crippen LogP contribution in [0.4, 0.5) is 11.4 Å². The van der Waals surface area contributed by atoms with Gasteiger partial charge in [0, 0.05) is 51.4 Å². The largest absolute Gasteiger partial charge is 0.377 e. The molecule has 1 aliphatic carbocycles. The molecule has 1 N–H and O–H groups in total. The van der Waals surface area contributed by atoms with Gasteiger partial charge in [-0.05, 0) is 42.5 Å². The lowest BCUT2D eigenvalue weighted by molar-refractivity contribution is -0.129. The molecule has 1 aromatic rings. The molecule has 0 unspecified atom stereocenters. The second-order valence-corrected chi connectivity index (χ2v) is 7.22. The summed E-state index contributed by atoms with van der Waals surface area (Å²) in [7, 11) is 3.98. The van der Waals surface area contributed by atoms with E-state index >= 15 is 0 Å². The van der Waals surface area contributed by atoms with Gasteiger partial charge in [0.05, 0.1) is 0 Å². The highest BCUT2D eigenvalue weighted by Gasteiger charge is 2.26. The summed E-state index contributed by atoms with van der Waals surface area (Å²) in [6.45, 7) is 6.77. The molecule has 1 aliphatic rings. The molecule has 0 heterocycles. The number of nitrogens with zero attached hydrogens (tertiary/aromatic N) is 2. The second-order valence-electron chi connectivity index (χ2n) is 7.22. The summed E-state index contributed by atoms with van der Waals surface area (Å²) in [4.78, 5) is 27.9. The molecule has 2 amide bonds. The van der Waals surface area contributed by atoms with Crippen LogP contribution in [0.25, 0.3) is 0 Å². The second kappa shape index (κ2) is 7.69. The normalized spacial score (nSPS) is 13.8. The standard InChI is InChI=1S/C19H29N3O2/c1-13(2)19(24)20-17-8-9-18(21(4)5)16(10-17)12-22(14(3)23)11-15-6-7-15/h8-10,13,15H,6-7,11-12H2,1-5H3,(H,20,24). The fraction of sp³-hybridized carbons (Fsp3) is 0.579. The fourth-order valence-electron chi connectivity index (χ4n) is 2.63. The number of hydrogen-bond donors (Lipinski definition) is 1. The van der Waals surface area contributed by atoms with Crippen molar-refractivity contribution in [2.45, 2.75) is 40.2 Å². The van der Waals surface area contributed by atoms with E-state index in [-0.39, 0.29) is 17.7 Å². The zero-order valence-electron chi connectivity index (χ0n) is 15.4. The maximum Gasteiger partial charge on any atom is 0.226 e. The molecule has 1 aromatic carbocycles. The number of nitrogens with one attached hydrogen (secondary N) is 1. The Morgan fingerprint density at radius 1 is 1.25 bits per heavy atom. The third-order valence-electron chi connectivity index (χ3n) is 4.34. The Morgan fingerprint density at radius 2 is 1.92 bits per heavy atom. The van der Waals surface area contributed by atoms with Crippen LogP contribution in [0, 0.1) is 11.8 Å². The molecule has 0 atom stereocenters. The molecule has 0 bridgehead atoms. The lowest BCUT2D eigenvalue weighted by Crippen LogP contribution is -2.31. The van der Waals surface area contributed by atoms with E-state index in [1.165, 1.54) is 12.8 Å². The monoisotopic (exact) mass is 331 g/mol. The van der Waals surface area contributed by atoms with Crippen LogP contribution in [0.15, 0.2) is 18.2 Å². The lowest BCUT2D eigenvalue weighted by atomic mass is 10.1. The van der Waals surface area contributed by atoms with Crippen LogP contribution in [0.2, 0.25) is 0 Å². The van der Waals surface area contributed by atoms with E-state index in [0.717, 1.165) is 23.5 Å². The molecule has 0 spiro atoms. The molecule has 24 heavy (non-hydrogen) atoms. The smallest absolute Gasteiger partial charge is 0.226 e. The first-order valence-corrected chi connectivity index (χ1v) is 8.64. The SMILES string of the molecule is CC(=O)N(Cc1cc(NC(=O)C(C)C)ccc1N(C)C)CC1CC1. The summed E-state index contributed by atoms with van der Waals surface area (Å²) in [5.74, 6) is 0.689. The number of carbonyl (C=O) groups excluding carboxylic acids is 2. The van der Waals surface area contributed by atoms with Crippen molar-refractivity contribution in [3.8, 4) is 0 Å². The molecule has 0 aromatic heterocycles. The number of anilines is 2. The first-order valence-electron chi connectivity index (χ1n) is 8.64. The topological polar surface area (TPSA) is 52.7 Å². The predicted molar refractivity (Wildman–Crippen MR) is 98.1 cm³/mol. The Hall–Kier alpha value is -2.04. The minimum Gasteiger partial charge on any atom is -0.377 e. The number of rotatable bonds is 7. The third kappa shape index (κ3) is 4.98. The van der Waals surface area contributed by atoms with Crippen LogP contribution in [0.3, 0.4) is 0 Å². The van der Waals surface area contributed by atoms with E-state index in [2.05, 4.69) is 5.32 Å². The molecule has 2 rings (SSSR count). The molecule has 132 valence electrons. The fourth-order valence-corrected chi connectivity index (χ4v) is 2.63. The van der Waals surface area contributed by atoms with Crippen LogP contribution >= 0.6 is 0 Å². The number of benzene rings is 1. The molecule has 0 aliphatic heterocycles. The van der Waals surface area contributed by atoms with Crippen molar-refractivity contribution in [2.24, 2.45) is 11.8 Å². The molecular formula is C19H29N3O2. The van der Waals surface area contributed by atoms with Crippen molar-refractivity contribution in [3.63, 3.8) is 0 Å². The zero-order valence-corrected chi connectivity index (χ0v) is 15.4. The van der Waals surface area contributed by atoms with Gasteiger partial charge in [-0.1, -0.05) is 13.8 Å². The average molecular weight is 331 g/mol. The van der Waals surface area contributed by atoms with Crippen molar-refractivity contribution >= 4 is 23.2 Å². The quantitative estimate of drug-likeness (QED) is 0.835. The van der Waals surface area contributed by atoms with E-state index in [1.807, 2.05) is 55.9 Å². The first kappa shape index (κ1) is 18.3. The number of amides is 2. The van der Waals surface area contributed by atoms with Crippen molar-refractivity contribution in [1.82, 2.24) is 4.90 Å². The van der Waals surface area contributed by atoms with Gasteiger partial charge >= 0.3 is 0 Å². The van der Waals surface area contributed by atoms with Gasteiger partial charge in [0.15, 0.2) is 0 Å². The van der Waals surface area contributed by atoms with Crippen LogP contribution in [0.5, 0.6) is 0 Å². The molecule has 0 radical (unpaired) electrons. The summed E-state index contributed by atoms with van der Waals surface area (Å²) in [6.07, 6.45) is 2.43.